The molecule has 2 rings (SSSR count). The maximum absolute atomic E-state index is 12.5. The fourth-order valence-electron chi connectivity index (χ4n) is 2.51. The second-order valence-electron chi connectivity index (χ2n) is 5.42. The molecule has 1 N–H and O–H groups in total. The third kappa shape index (κ3) is 4.45. The van der Waals surface area contributed by atoms with Gasteiger partial charge in [-0.05, 0) is 25.0 Å². The lowest BCUT2D eigenvalue weighted by Crippen LogP contribution is -2.46. The highest BCUT2D eigenvalue weighted by Crippen LogP contribution is 2.34. The van der Waals surface area contributed by atoms with Crippen molar-refractivity contribution in [2.75, 3.05) is 31.7 Å². The number of rotatable bonds is 8. The molecular weight excluding hydrogens is 296 g/mol. The van der Waals surface area contributed by atoms with Crippen LogP contribution in [0.2, 0.25) is 0 Å². The molecule has 0 fully saturated rings. The quantitative estimate of drug-likeness (QED) is 0.741. The van der Waals surface area contributed by atoms with E-state index < -0.39 is 6.10 Å². The summed E-state index contributed by atoms with van der Waals surface area (Å²) in [7, 11) is 1.63. The van der Waals surface area contributed by atoms with Crippen LogP contribution >= 0.6 is 0 Å². The molecule has 0 spiro atoms. The summed E-state index contributed by atoms with van der Waals surface area (Å²) in [5.74, 6) is 0.545. The summed E-state index contributed by atoms with van der Waals surface area (Å²) in [5.41, 5.74) is 0.731. The van der Waals surface area contributed by atoms with Crippen molar-refractivity contribution in [3.63, 3.8) is 0 Å². The Labute approximate surface area is 136 Å². The molecule has 1 aliphatic heterocycles. The van der Waals surface area contributed by atoms with Crippen LogP contribution in [-0.4, -0.2) is 44.7 Å². The Morgan fingerprint density at radius 2 is 2.17 bits per heavy atom. The maximum atomic E-state index is 12.5. The first-order valence-corrected chi connectivity index (χ1v) is 8.00. The first-order valence-electron chi connectivity index (χ1n) is 8.00. The summed E-state index contributed by atoms with van der Waals surface area (Å²) in [6.07, 6.45) is 1.17. The number of carbonyl (C=O) groups excluding carboxylic acids is 2. The topological polar surface area (TPSA) is 67.9 Å². The molecule has 1 unspecified atom stereocenters. The number of benzene rings is 1. The maximum Gasteiger partial charge on any atom is 0.268 e. The predicted molar refractivity (Wildman–Crippen MR) is 87.6 cm³/mol. The lowest BCUT2D eigenvalue weighted by atomic mass is 10.1. The number of carbonyl (C=O) groups is 2. The van der Waals surface area contributed by atoms with Crippen LogP contribution in [0.15, 0.2) is 24.3 Å². The van der Waals surface area contributed by atoms with E-state index in [9.17, 15) is 9.59 Å². The summed E-state index contributed by atoms with van der Waals surface area (Å²) in [6, 6.07) is 7.43. The van der Waals surface area contributed by atoms with Gasteiger partial charge in [-0.3, -0.25) is 9.59 Å². The molecule has 0 aromatic heterocycles. The fourth-order valence-corrected chi connectivity index (χ4v) is 2.51. The fraction of sp³-hybridized carbons (Fsp3) is 0.529. The monoisotopic (exact) mass is 320 g/mol. The molecule has 1 aliphatic rings. The van der Waals surface area contributed by atoms with Crippen LogP contribution in [0.5, 0.6) is 5.75 Å². The normalized spacial score (nSPS) is 16.7. The zero-order valence-corrected chi connectivity index (χ0v) is 13.7. The van der Waals surface area contributed by atoms with Crippen LogP contribution < -0.4 is 15.0 Å². The van der Waals surface area contributed by atoms with Gasteiger partial charge in [0.2, 0.25) is 5.91 Å². The molecule has 2 amide bonds. The number of hydrogen-bond donors (Lipinski definition) is 1. The van der Waals surface area contributed by atoms with Crippen molar-refractivity contribution in [2.45, 2.75) is 32.3 Å². The summed E-state index contributed by atoms with van der Waals surface area (Å²) in [4.78, 5) is 26.0. The van der Waals surface area contributed by atoms with Gasteiger partial charge in [-0.1, -0.05) is 19.1 Å². The minimum Gasteiger partial charge on any atom is -0.478 e. The van der Waals surface area contributed by atoms with Crippen molar-refractivity contribution in [1.82, 2.24) is 5.32 Å². The van der Waals surface area contributed by atoms with Crippen LogP contribution in [0.25, 0.3) is 0 Å². The van der Waals surface area contributed by atoms with Crippen molar-refractivity contribution in [1.29, 1.82) is 0 Å². The highest BCUT2D eigenvalue weighted by Gasteiger charge is 2.32. The van der Waals surface area contributed by atoms with Crippen LogP contribution in [0.1, 0.15) is 26.2 Å². The Balaban J connectivity index is 1.95. The second-order valence-corrected chi connectivity index (χ2v) is 5.42. The number of anilines is 1. The molecule has 6 nitrogen and oxygen atoms in total. The largest absolute Gasteiger partial charge is 0.478 e. The van der Waals surface area contributed by atoms with Gasteiger partial charge >= 0.3 is 0 Å². The third-order valence-corrected chi connectivity index (χ3v) is 3.75. The molecule has 0 bridgehead atoms. The highest BCUT2D eigenvalue weighted by molar-refractivity contribution is 6.00. The van der Waals surface area contributed by atoms with Gasteiger partial charge in [0.25, 0.3) is 5.91 Å². The molecule has 6 heteroatoms. The van der Waals surface area contributed by atoms with Gasteiger partial charge < -0.3 is 19.7 Å². The number of amides is 2. The van der Waals surface area contributed by atoms with E-state index in [4.69, 9.17) is 9.47 Å². The van der Waals surface area contributed by atoms with E-state index in [2.05, 4.69) is 5.32 Å². The van der Waals surface area contributed by atoms with E-state index in [1.165, 1.54) is 0 Å². The van der Waals surface area contributed by atoms with Gasteiger partial charge in [0.1, 0.15) is 5.75 Å². The molecule has 23 heavy (non-hydrogen) atoms. The van der Waals surface area contributed by atoms with E-state index in [1.807, 2.05) is 31.2 Å². The Kier molecular flexibility index (Phi) is 6.40. The average Bonchev–Trinajstić information content (AvgIpc) is 2.57. The summed E-state index contributed by atoms with van der Waals surface area (Å²) >= 11 is 0. The van der Waals surface area contributed by atoms with Crippen molar-refractivity contribution in [3.8, 4) is 5.75 Å². The van der Waals surface area contributed by atoms with Crippen molar-refractivity contribution < 1.29 is 19.1 Å². The minimum absolute atomic E-state index is 0.0640. The first-order chi connectivity index (χ1) is 11.2. The van der Waals surface area contributed by atoms with Gasteiger partial charge in [0.05, 0.1) is 5.69 Å². The van der Waals surface area contributed by atoms with Crippen LogP contribution in [0.3, 0.4) is 0 Å². The van der Waals surface area contributed by atoms with E-state index in [1.54, 1.807) is 12.0 Å². The van der Waals surface area contributed by atoms with Gasteiger partial charge in [-0.25, -0.2) is 0 Å². The second kappa shape index (κ2) is 8.53. The highest BCUT2D eigenvalue weighted by atomic mass is 16.5. The molecule has 126 valence electrons. The number of methoxy groups -OCH3 is 1. The first kappa shape index (κ1) is 17.3. The summed E-state index contributed by atoms with van der Waals surface area (Å²) in [6.45, 7) is 3.47. The number of ether oxygens (including phenoxy) is 2. The van der Waals surface area contributed by atoms with E-state index in [0.29, 0.717) is 31.9 Å². The molecule has 1 atom stereocenters. The lowest BCUT2D eigenvalue weighted by molar-refractivity contribution is -0.126. The third-order valence-electron chi connectivity index (χ3n) is 3.75. The Bertz CT molecular complexity index is 547. The molecule has 0 aliphatic carbocycles. The molecule has 0 radical (unpaired) electrons. The van der Waals surface area contributed by atoms with Gasteiger partial charge in [0.15, 0.2) is 6.10 Å². The predicted octanol–water partition coefficient (Wildman–Crippen LogP) is 1.73. The lowest BCUT2D eigenvalue weighted by Gasteiger charge is -2.33. The molecule has 1 heterocycles. The zero-order valence-electron chi connectivity index (χ0n) is 13.7. The van der Waals surface area contributed by atoms with Crippen molar-refractivity contribution in [3.05, 3.63) is 24.3 Å². The number of para-hydroxylation sites is 2. The van der Waals surface area contributed by atoms with Crippen LogP contribution in [-0.2, 0) is 14.3 Å². The number of hydrogen-bond acceptors (Lipinski definition) is 4. The number of fused-ring (bicyclic) bond motifs is 1. The smallest absolute Gasteiger partial charge is 0.268 e. The average molecular weight is 320 g/mol. The molecule has 0 saturated carbocycles. The van der Waals surface area contributed by atoms with Gasteiger partial charge in [0, 0.05) is 33.2 Å². The standard InChI is InChI=1S/C17H24N2O4/c1-3-14-17(21)19(13-7-4-5-8-15(13)23-14)11-9-16(20)18-10-6-12-22-2/h4-5,7-8,14H,3,6,9-12H2,1-2H3,(H,18,20). The Morgan fingerprint density at radius 1 is 1.39 bits per heavy atom. The Morgan fingerprint density at radius 3 is 2.91 bits per heavy atom. The molecule has 1 aromatic carbocycles. The van der Waals surface area contributed by atoms with Crippen LogP contribution in [0.4, 0.5) is 5.69 Å². The van der Waals surface area contributed by atoms with Crippen LogP contribution in [0, 0.1) is 0 Å². The van der Waals surface area contributed by atoms with Crippen molar-refractivity contribution >= 4 is 17.5 Å². The number of nitrogens with zero attached hydrogens (tertiary/aromatic N) is 1. The van der Waals surface area contributed by atoms with E-state index in [0.717, 1.165) is 12.1 Å². The summed E-state index contributed by atoms with van der Waals surface area (Å²) in [5, 5.41) is 2.83. The summed E-state index contributed by atoms with van der Waals surface area (Å²) < 4.78 is 10.7. The minimum atomic E-state index is -0.477. The van der Waals surface area contributed by atoms with E-state index >= 15 is 0 Å². The molecule has 0 saturated heterocycles. The van der Waals surface area contributed by atoms with Gasteiger partial charge in [-0.15, -0.1) is 0 Å². The SMILES string of the molecule is CCC1Oc2ccccc2N(CCC(=O)NCCCOC)C1=O. The Hall–Kier alpha value is -2.08. The zero-order chi connectivity index (χ0) is 16.7. The van der Waals surface area contributed by atoms with Gasteiger partial charge in [-0.2, -0.15) is 0 Å². The molecule has 1 aromatic rings. The molecular formula is C17H24N2O4. The number of nitrogens with one attached hydrogen (secondary N) is 1. The van der Waals surface area contributed by atoms with Crippen molar-refractivity contribution in [2.24, 2.45) is 0 Å². The van der Waals surface area contributed by atoms with E-state index in [-0.39, 0.29) is 18.2 Å².